The Balaban J connectivity index is 0.00000288. The Hall–Kier alpha value is -0.940. The first-order valence-corrected chi connectivity index (χ1v) is 8.34. The number of nitrogens with one attached hydrogen (secondary N) is 2. The van der Waals surface area contributed by atoms with E-state index in [-0.39, 0.29) is 24.0 Å². The van der Waals surface area contributed by atoms with Crippen LogP contribution in [-0.2, 0) is 23.1 Å². The minimum absolute atomic E-state index is 0. The van der Waals surface area contributed by atoms with Gasteiger partial charge in [-0.15, -0.1) is 34.2 Å². The number of ether oxygens (including phenoxy) is 2. The van der Waals surface area contributed by atoms with Gasteiger partial charge in [-0.3, -0.25) is 0 Å². The van der Waals surface area contributed by atoms with E-state index < -0.39 is 0 Å². The molecule has 0 aliphatic carbocycles. The molecule has 1 unspecified atom stereocenters. The van der Waals surface area contributed by atoms with Crippen molar-refractivity contribution < 1.29 is 9.47 Å². The maximum Gasteiger partial charge on any atom is 0.191 e. The minimum Gasteiger partial charge on any atom is -0.379 e. The predicted octanol–water partition coefficient (Wildman–Crippen LogP) is 1.07. The van der Waals surface area contributed by atoms with Crippen LogP contribution in [0.1, 0.15) is 32.0 Å². The van der Waals surface area contributed by atoms with Crippen LogP contribution in [0.25, 0.3) is 0 Å². The fourth-order valence-corrected chi connectivity index (χ4v) is 2.31. The zero-order valence-electron chi connectivity index (χ0n) is 14.5. The molecule has 1 aliphatic heterocycles. The zero-order valence-corrected chi connectivity index (χ0v) is 16.9. The van der Waals surface area contributed by atoms with Crippen molar-refractivity contribution in [3.63, 3.8) is 0 Å². The van der Waals surface area contributed by atoms with Gasteiger partial charge in [-0.05, 0) is 26.2 Å². The van der Waals surface area contributed by atoms with Crippen molar-refractivity contribution in [1.29, 1.82) is 0 Å². The van der Waals surface area contributed by atoms with Gasteiger partial charge in [-0.2, -0.15) is 0 Å². The van der Waals surface area contributed by atoms with Crippen molar-refractivity contribution in [3.05, 3.63) is 12.2 Å². The molecule has 8 nitrogen and oxygen atoms in total. The van der Waals surface area contributed by atoms with Crippen molar-refractivity contribution in [2.24, 2.45) is 12.0 Å². The summed E-state index contributed by atoms with van der Waals surface area (Å²) in [6.45, 7) is 6.50. The van der Waals surface area contributed by atoms with Crippen LogP contribution in [0, 0.1) is 0 Å². The summed E-state index contributed by atoms with van der Waals surface area (Å²) in [6.07, 6.45) is 5.19. The first-order chi connectivity index (χ1) is 11.3. The Morgan fingerprint density at radius 3 is 3.04 bits per heavy atom. The number of hydrogen-bond acceptors (Lipinski definition) is 5. The minimum atomic E-state index is 0. The molecule has 2 heterocycles. The second kappa shape index (κ2) is 12.4. The zero-order chi connectivity index (χ0) is 16.3. The number of nitrogens with zero attached hydrogens (tertiary/aromatic N) is 4. The topological polar surface area (TPSA) is 85.6 Å². The third kappa shape index (κ3) is 7.75. The summed E-state index contributed by atoms with van der Waals surface area (Å²) in [6, 6.07) is 0. The molecule has 0 amide bonds. The molecule has 2 N–H and O–H groups in total. The number of hydrogen-bond donors (Lipinski definition) is 2. The Morgan fingerprint density at radius 1 is 1.50 bits per heavy atom. The lowest BCUT2D eigenvalue weighted by Gasteiger charge is -2.12. The standard InChI is InChI=1S/C15H28N6O2.HI/c1-3-16-15(18-10-14-20-19-12-21(14)2)17-7-5-8-22-11-13-6-4-9-23-13;/h12-13H,3-11H2,1-2H3,(H2,16,17,18);1H. The summed E-state index contributed by atoms with van der Waals surface area (Å²) in [4.78, 5) is 4.51. The van der Waals surface area contributed by atoms with Crippen LogP contribution in [0.5, 0.6) is 0 Å². The highest BCUT2D eigenvalue weighted by atomic mass is 127. The highest BCUT2D eigenvalue weighted by Crippen LogP contribution is 2.11. The van der Waals surface area contributed by atoms with Crippen LogP contribution >= 0.6 is 24.0 Å². The van der Waals surface area contributed by atoms with E-state index >= 15 is 0 Å². The Labute approximate surface area is 160 Å². The largest absolute Gasteiger partial charge is 0.379 e. The van der Waals surface area contributed by atoms with Crippen LogP contribution in [0.2, 0.25) is 0 Å². The molecule has 0 saturated carbocycles. The van der Waals surface area contributed by atoms with E-state index in [0.717, 1.165) is 57.3 Å². The van der Waals surface area contributed by atoms with Crippen molar-refractivity contribution in [2.45, 2.75) is 38.8 Å². The normalized spacial score (nSPS) is 17.6. The number of guanidine groups is 1. The van der Waals surface area contributed by atoms with Crippen molar-refractivity contribution >= 4 is 29.9 Å². The highest BCUT2D eigenvalue weighted by molar-refractivity contribution is 14.0. The van der Waals surface area contributed by atoms with Gasteiger partial charge in [0.05, 0.1) is 12.7 Å². The molecule has 0 aromatic carbocycles. The first-order valence-electron chi connectivity index (χ1n) is 8.34. The molecule has 1 atom stereocenters. The van der Waals surface area contributed by atoms with Crippen LogP contribution in [0.3, 0.4) is 0 Å². The molecule has 0 spiro atoms. The molecular formula is C15H29IN6O2. The molecule has 9 heteroatoms. The second-order valence-corrected chi connectivity index (χ2v) is 5.54. The second-order valence-electron chi connectivity index (χ2n) is 5.54. The third-order valence-corrected chi connectivity index (χ3v) is 3.61. The van der Waals surface area contributed by atoms with Gasteiger partial charge in [0.1, 0.15) is 12.9 Å². The van der Waals surface area contributed by atoms with E-state index in [1.54, 1.807) is 6.33 Å². The van der Waals surface area contributed by atoms with Gasteiger partial charge >= 0.3 is 0 Å². The van der Waals surface area contributed by atoms with Crippen LogP contribution in [0.15, 0.2) is 11.3 Å². The number of aromatic nitrogens is 3. The van der Waals surface area contributed by atoms with Crippen molar-refractivity contribution in [2.75, 3.05) is 32.9 Å². The summed E-state index contributed by atoms with van der Waals surface area (Å²) in [7, 11) is 1.91. The van der Waals surface area contributed by atoms with Gasteiger partial charge in [-0.25, -0.2) is 4.99 Å². The SMILES string of the molecule is CCNC(=NCc1nncn1C)NCCCOCC1CCCO1.I. The van der Waals surface area contributed by atoms with Crippen molar-refractivity contribution in [1.82, 2.24) is 25.4 Å². The average Bonchev–Trinajstić information content (AvgIpc) is 3.20. The smallest absolute Gasteiger partial charge is 0.191 e. The third-order valence-electron chi connectivity index (χ3n) is 3.61. The fraction of sp³-hybridized carbons (Fsp3) is 0.800. The number of halogens is 1. The summed E-state index contributed by atoms with van der Waals surface area (Å²) in [5.74, 6) is 1.62. The van der Waals surface area contributed by atoms with Gasteiger partial charge in [-0.1, -0.05) is 0 Å². The number of aliphatic imine (C=N–C) groups is 1. The first kappa shape index (κ1) is 21.1. The molecule has 1 aromatic heterocycles. The van der Waals surface area contributed by atoms with Crippen LogP contribution in [0.4, 0.5) is 0 Å². The van der Waals surface area contributed by atoms with E-state index in [9.17, 15) is 0 Å². The van der Waals surface area contributed by atoms with E-state index in [1.165, 1.54) is 0 Å². The molecule has 1 fully saturated rings. The lowest BCUT2D eigenvalue weighted by Crippen LogP contribution is -2.38. The van der Waals surface area contributed by atoms with Crippen molar-refractivity contribution in [3.8, 4) is 0 Å². The quantitative estimate of drug-likeness (QED) is 0.253. The van der Waals surface area contributed by atoms with Gasteiger partial charge in [0.15, 0.2) is 11.8 Å². The molecule has 1 saturated heterocycles. The Morgan fingerprint density at radius 2 is 2.38 bits per heavy atom. The molecule has 1 aliphatic rings. The molecule has 1 aromatic rings. The van der Waals surface area contributed by atoms with E-state index in [4.69, 9.17) is 9.47 Å². The van der Waals surface area contributed by atoms with E-state index in [0.29, 0.717) is 19.3 Å². The van der Waals surface area contributed by atoms with E-state index in [2.05, 4.69) is 25.8 Å². The Kier molecular flexibility index (Phi) is 10.9. The molecular weight excluding hydrogens is 423 g/mol. The van der Waals surface area contributed by atoms with E-state index in [1.807, 2.05) is 18.5 Å². The maximum absolute atomic E-state index is 5.65. The van der Waals surface area contributed by atoms with Gasteiger partial charge in [0.25, 0.3) is 0 Å². The lowest BCUT2D eigenvalue weighted by molar-refractivity contribution is 0.0168. The number of aryl methyl sites for hydroxylation is 1. The molecule has 138 valence electrons. The summed E-state index contributed by atoms with van der Waals surface area (Å²) < 4.78 is 13.0. The summed E-state index contributed by atoms with van der Waals surface area (Å²) >= 11 is 0. The highest BCUT2D eigenvalue weighted by Gasteiger charge is 2.14. The summed E-state index contributed by atoms with van der Waals surface area (Å²) in [5, 5.41) is 14.4. The van der Waals surface area contributed by atoms with Gasteiger partial charge < -0.3 is 24.7 Å². The average molecular weight is 452 g/mol. The van der Waals surface area contributed by atoms with Gasteiger partial charge in [0, 0.05) is 33.4 Å². The van der Waals surface area contributed by atoms with Crippen LogP contribution in [-0.4, -0.2) is 59.7 Å². The molecule has 0 bridgehead atoms. The molecule has 24 heavy (non-hydrogen) atoms. The molecule has 2 rings (SSSR count). The van der Waals surface area contributed by atoms with Crippen LogP contribution < -0.4 is 10.6 Å². The predicted molar refractivity (Wildman–Crippen MR) is 104 cm³/mol. The summed E-state index contributed by atoms with van der Waals surface area (Å²) in [5.41, 5.74) is 0. The monoisotopic (exact) mass is 452 g/mol. The van der Waals surface area contributed by atoms with Gasteiger partial charge in [0.2, 0.25) is 0 Å². The lowest BCUT2D eigenvalue weighted by atomic mass is 10.2. The number of rotatable bonds is 9. The molecule has 0 radical (unpaired) electrons. The fourth-order valence-electron chi connectivity index (χ4n) is 2.31. The Bertz CT molecular complexity index is 476. The maximum atomic E-state index is 5.65.